The summed E-state index contributed by atoms with van der Waals surface area (Å²) in [5.74, 6) is -0.764. The van der Waals surface area contributed by atoms with Gasteiger partial charge in [0.1, 0.15) is 5.75 Å². The lowest BCUT2D eigenvalue weighted by molar-refractivity contribution is -0.133. The van der Waals surface area contributed by atoms with Crippen molar-refractivity contribution in [2.45, 2.75) is 6.92 Å². The zero-order valence-electron chi connectivity index (χ0n) is 10.3. The van der Waals surface area contributed by atoms with Crippen LogP contribution in [-0.2, 0) is 9.59 Å². The third kappa shape index (κ3) is 5.85. The number of nitrogens with one attached hydrogen (secondary N) is 1. The van der Waals surface area contributed by atoms with E-state index in [1.807, 2.05) is 6.92 Å². The van der Waals surface area contributed by atoms with Crippen LogP contribution in [0.1, 0.15) is 6.92 Å². The van der Waals surface area contributed by atoms with Crippen molar-refractivity contribution in [2.24, 2.45) is 0 Å². The summed E-state index contributed by atoms with van der Waals surface area (Å²) in [6.07, 6.45) is 0. The Morgan fingerprint density at radius 3 is 2.79 bits per heavy atom. The first-order valence-electron chi connectivity index (χ1n) is 5.54. The van der Waals surface area contributed by atoms with Crippen molar-refractivity contribution in [3.05, 3.63) is 23.2 Å². The lowest BCUT2D eigenvalue weighted by Crippen LogP contribution is -2.16. The van der Waals surface area contributed by atoms with Crippen molar-refractivity contribution in [3.8, 4) is 5.75 Å². The first-order valence-corrected chi connectivity index (χ1v) is 7.08. The molecule has 19 heavy (non-hydrogen) atoms. The van der Waals surface area contributed by atoms with Gasteiger partial charge in [-0.05, 0) is 25.1 Å². The molecule has 1 rings (SSSR count). The van der Waals surface area contributed by atoms with E-state index < -0.39 is 5.97 Å². The van der Waals surface area contributed by atoms with Crippen LogP contribution in [0.3, 0.4) is 0 Å². The molecule has 0 saturated heterocycles. The van der Waals surface area contributed by atoms with E-state index in [1.165, 1.54) is 0 Å². The average molecular weight is 304 g/mol. The number of carbonyl (C=O) groups excluding carboxylic acids is 1. The highest BCUT2D eigenvalue weighted by atomic mass is 35.5. The lowest BCUT2D eigenvalue weighted by Gasteiger charge is -2.11. The molecule has 0 spiro atoms. The van der Waals surface area contributed by atoms with Gasteiger partial charge in [0.15, 0.2) is 0 Å². The predicted octanol–water partition coefficient (Wildman–Crippen LogP) is 2.49. The van der Waals surface area contributed by atoms with Gasteiger partial charge < -0.3 is 15.2 Å². The molecule has 0 saturated carbocycles. The Kier molecular flexibility index (Phi) is 6.52. The summed E-state index contributed by atoms with van der Waals surface area (Å²) in [5, 5.41) is 11.6. The standard InChI is InChI=1S/C12H14ClNO4S/c1-2-18-10-4-3-8(13)5-9(10)14-11(15)6-19-7-12(16)17/h3-5H,2,6-7H2,1H3,(H,14,15)(H,16,17). The molecule has 0 bridgehead atoms. The van der Waals surface area contributed by atoms with Crippen LogP contribution in [0.4, 0.5) is 5.69 Å². The molecule has 0 atom stereocenters. The first-order chi connectivity index (χ1) is 9.02. The second-order valence-corrected chi connectivity index (χ2v) is 4.93. The quantitative estimate of drug-likeness (QED) is 0.809. The van der Waals surface area contributed by atoms with Crippen molar-refractivity contribution in [2.75, 3.05) is 23.4 Å². The molecule has 1 aromatic rings. The van der Waals surface area contributed by atoms with Crippen molar-refractivity contribution >= 4 is 40.9 Å². The number of amides is 1. The van der Waals surface area contributed by atoms with Crippen LogP contribution < -0.4 is 10.1 Å². The van der Waals surface area contributed by atoms with Crippen LogP contribution in [0, 0.1) is 0 Å². The minimum absolute atomic E-state index is 0.0599. The topological polar surface area (TPSA) is 75.6 Å². The molecule has 0 aliphatic heterocycles. The summed E-state index contributed by atoms with van der Waals surface area (Å²) in [6, 6.07) is 4.93. The van der Waals surface area contributed by atoms with Crippen LogP contribution >= 0.6 is 23.4 Å². The largest absolute Gasteiger partial charge is 0.492 e. The maximum absolute atomic E-state index is 11.6. The minimum Gasteiger partial charge on any atom is -0.492 e. The highest BCUT2D eigenvalue weighted by molar-refractivity contribution is 8.00. The summed E-state index contributed by atoms with van der Waals surface area (Å²) in [4.78, 5) is 22.0. The molecular formula is C12H14ClNO4S. The molecule has 2 N–H and O–H groups in total. The number of anilines is 1. The van der Waals surface area contributed by atoms with Gasteiger partial charge in [0.2, 0.25) is 5.91 Å². The van der Waals surface area contributed by atoms with Gasteiger partial charge in [-0.15, -0.1) is 11.8 Å². The van der Waals surface area contributed by atoms with Crippen LogP contribution in [0.5, 0.6) is 5.75 Å². The second-order valence-electron chi connectivity index (χ2n) is 3.51. The van der Waals surface area contributed by atoms with Gasteiger partial charge in [-0.3, -0.25) is 9.59 Å². The van der Waals surface area contributed by atoms with E-state index >= 15 is 0 Å². The molecule has 0 aromatic heterocycles. The van der Waals surface area contributed by atoms with Crippen LogP contribution in [0.25, 0.3) is 0 Å². The molecule has 0 radical (unpaired) electrons. The van der Waals surface area contributed by atoms with Gasteiger partial charge in [0, 0.05) is 5.02 Å². The number of ether oxygens (including phenoxy) is 1. The van der Waals surface area contributed by atoms with E-state index in [0.29, 0.717) is 23.1 Å². The third-order valence-electron chi connectivity index (χ3n) is 1.97. The normalized spacial score (nSPS) is 10.0. The average Bonchev–Trinajstić information content (AvgIpc) is 2.32. The van der Waals surface area contributed by atoms with E-state index in [-0.39, 0.29) is 17.4 Å². The number of aliphatic carboxylic acids is 1. The van der Waals surface area contributed by atoms with Gasteiger partial charge in [0.25, 0.3) is 0 Å². The number of carbonyl (C=O) groups is 2. The molecular weight excluding hydrogens is 290 g/mol. The predicted molar refractivity (Wildman–Crippen MR) is 76.2 cm³/mol. The molecule has 0 aliphatic carbocycles. The summed E-state index contributed by atoms with van der Waals surface area (Å²) >= 11 is 6.88. The maximum atomic E-state index is 11.6. The van der Waals surface area contributed by atoms with Crippen molar-refractivity contribution < 1.29 is 19.4 Å². The number of carboxylic acids is 1. The summed E-state index contributed by atoms with van der Waals surface area (Å²) in [6.45, 7) is 2.31. The number of hydrogen-bond donors (Lipinski definition) is 2. The molecule has 0 heterocycles. The first kappa shape index (κ1) is 15.7. The summed E-state index contributed by atoms with van der Waals surface area (Å²) in [7, 11) is 0. The van der Waals surface area contributed by atoms with Crippen LogP contribution in [-0.4, -0.2) is 35.1 Å². The molecule has 0 fully saturated rings. The lowest BCUT2D eigenvalue weighted by atomic mass is 10.3. The number of carboxylic acid groups (broad SMARTS) is 1. The number of halogens is 1. The third-order valence-corrected chi connectivity index (χ3v) is 3.13. The molecule has 104 valence electrons. The Morgan fingerprint density at radius 2 is 2.16 bits per heavy atom. The van der Waals surface area contributed by atoms with E-state index in [1.54, 1.807) is 18.2 Å². The van der Waals surface area contributed by atoms with Crippen molar-refractivity contribution in [1.29, 1.82) is 0 Å². The Morgan fingerprint density at radius 1 is 1.42 bits per heavy atom. The zero-order valence-corrected chi connectivity index (χ0v) is 11.9. The smallest absolute Gasteiger partial charge is 0.313 e. The number of benzene rings is 1. The van der Waals surface area contributed by atoms with Crippen molar-refractivity contribution in [3.63, 3.8) is 0 Å². The molecule has 0 unspecified atom stereocenters. The Labute approximate surface area is 120 Å². The Bertz CT molecular complexity index is 467. The SMILES string of the molecule is CCOc1ccc(Cl)cc1NC(=O)CSCC(=O)O. The van der Waals surface area contributed by atoms with E-state index in [9.17, 15) is 9.59 Å². The van der Waals surface area contributed by atoms with Gasteiger partial charge >= 0.3 is 5.97 Å². The van der Waals surface area contributed by atoms with E-state index in [4.69, 9.17) is 21.4 Å². The fourth-order valence-corrected chi connectivity index (χ4v) is 2.00. The zero-order chi connectivity index (χ0) is 14.3. The fraction of sp³-hybridized carbons (Fsp3) is 0.333. The Hall–Kier alpha value is -1.40. The molecule has 5 nitrogen and oxygen atoms in total. The second kappa shape index (κ2) is 7.91. The van der Waals surface area contributed by atoms with Gasteiger partial charge in [-0.2, -0.15) is 0 Å². The maximum Gasteiger partial charge on any atom is 0.313 e. The summed E-state index contributed by atoms with van der Waals surface area (Å²) < 4.78 is 5.36. The van der Waals surface area contributed by atoms with E-state index in [0.717, 1.165) is 11.8 Å². The minimum atomic E-state index is -0.949. The molecule has 7 heteroatoms. The highest BCUT2D eigenvalue weighted by Crippen LogP contribution is 2.28. The molecule has 1 aromatic carbocycles. The fourth-order valence-electron chi connectivity index (χ4n) is 1.30. The van der Waals surface area contributed by atoms with Crippen LogP contribution in [0.15, 0.2) is 18.2 Å². The molecule has 0 aliphatic rings. The van der Waals surface area contributed by atoms with Gasteiger partial charge in [0.05, 0.1) is 23.8 Å². The Balaban J connectivity index is 2.61. The summed E-state index contributed by atoms with van der Waals surface area (Å²) in [5.41, 5.74) is 0.482. The number of hydrogen-bond acceptors (Lipinski definition) is 4. The van der Waals surface area contributed by atoms with E-state index in [2.05, 4.69) is 5.32 Å². The van der Waals surface area contributed by atoms with Crippen molar-refractivity contribution in [1.82, 2.24) is 0 Å². The monoisotopic (exact) mass is 303 g/mol. The highest BCUT2D eigenvalue weighted by Gasteiger charge is 2.09. The van der Waals surface area contributed by atoms with Crippen LogP contribution in [0.2, 0.25) is 5.02 Å². The number of rotatable bonds is 7. The molecule has 1 amide bonds. The van der Waals surface area contributed by atoms with Gasteiger partial charge in [-0.1, -0.05) is 11.6 Å². The number of thioether (sulfide) groups is 1. The van der Waals surface area contributed by atoms with Gasteiger partial charge in [-0.25, -0.2) is 0 Å².